The predicted molar refractivity (Wildman–Crippen MR) is 74.7 cm³/mol. The summed E-state index contributed by atoms with van der Waals surface area (Å²) in [7, 11) is 0. The molecule has 0 aliphatic carbocycles. The van der Waals surface area contributed by atoms with E-state index in [0.29, 0.717) is 18.2 Å². The van der Waals surface area contributed by atoms with Crippen molar-refractivity contribution >= 4 is 0 Å². The molecule has 19 heavy (non-hydrogen) atoms. The smallest absolute Gasteiger partial charge is 0.123 e. The zero-order valence-electron chi connectivity index (χ0n) is 11.5. The van der Waals surface area contributed by atoms with Gasteiger partial charge in [0.2, 0.25) is 0 Å². The van der Waals surface area contributed by atoms with E-state index in [4.69, 9.17) is 0 Å². The Morgan fingerprint density at radius 3 is 2.79 bits per heavy atom. The van der Waals surface area contributed by atoms with Crippen molar-refractivity contribution in [1.82, 2.24) is 10.2 Å². The summed E-state index contributed by atoms with van der Waals surface area (Å²) in [6.45, 7) is 6.16. The van der Waals surface area contributed by atoms with Gasteiger partial charge in [0.25, 0.3) is 0 Å². The normalized spacial score (nSPS) is 17.8. The Bertz CT molecular complexity index is 403. The molecule has 1 aliphatic rings. The fourth-order valence-electron chi connectivity index (χ4n) is 2.63. The zero-order valence-corrected chi connectivity index (χ0v) is 11.5. The second-order valence-electron chi connectivity index (χ2n) is 5.27. The van der Waals surface area contributed by atoms with E-state index < -0.39 is 0 Å². The molecule has 0 amide bonds. The molecule has 1 saturated heterocycles. The Hall–Kier alpha value is -1.13. The van der Waals surface area contributed by atoms with Gasteiger partial charge < -0.3 is 15.3 Å². The van der Waals surface area contributed by atoms with Gasteiger partial charge in [-0.15, -0.1) is 0 Å². The maximum absolute atomic E-state index is 13.1. The van der Waals surface area contributed by atoms with Crippen LogP contribution in [0.25, 0.3) is 0 Å². The number of rotatable bonds is 5. The number of likely N-dealkylation sites (tertiary alicyclic amines) is 1. The highest BCUT2D eigenvalue weighted by Crippen LogP contribution is 2.18. The van der Waals surface area contributed by atoms with Crippen molar-refractivity contribution in [3.63, 3.8) is 0 Å². The number of piperidine rings is 1. The van der Waals surface area contributed by atoms with Gasteiger partial charge in [-0.25, -0.2) is 4.39 Å². The lowest BCUT2D eigenvalue weighted by molar-refractivity contribution is 0.197. The van der Waals surface area contributed by atoms with Crippen LogP contribution in [0.4, 0.5) is 4.39 Å². The Morgan fingerprint density at radius 1 is 1.37 bits per heavy atom. The molecule has 1 heterocycles. The number of aromatic hydroxyl groups is 1. The van der Waals surface area contributed by atoms with Crippen LogP contribution in [-0.4, -0.2) is 35.7 Å². The maximum Gasteiger partial charge on any atom is 0.123 e. The standard InChI is InChI=1S/C15H23FN2O/c1-2-7-18-8-5-14(6-9-18)17-11-12-10-13(16)3-4-15(12)19/h3-4,10,14,17,19H,2,5-9,11H2,1H3. The molecule has 0 aromatic heterocycles. The first-order valence-electron chi connectivity index (χ1n) is 7.12. The van der Waals surface area contributed by atoms with E-state index in [2.05, 4.69) is 17.1 Å². The van der Waals surface area contributed by atoms with E-state index in [1.807, 2.05) is 0 Å². The van der Waals surface area contributed by atoms with Crippen LogP contribution in [0, 0.1) is 5.82 Å². The molecule has 1 aromatic carbocycles. The monoisotopic (exact) mass is 266 g/mol. The van der Waals surface area contributed by atoms with Crippen molar-refractivity contribution in [2.45, 2.75) is 38.8 Å². The lowest BCUT2D eigenvalue weighted by Gasteiger charge is -2.32. The number of nitrogens with one attached hydrogen (secondary N) is 1. The SMILES string of the molecule is CCCN1CCC(NCc2cc(F)ccc2O)CC1. The van der Waals surface area contributed by atoms with Crippen LogP contribution in [0.2, 0.25) is 0 Å². The molecule has 2 rings (SSSR count). The molecule has 106 valence electrons. The Labute approximate surface area is 114 Å². The van der Waals surface area contributed by atoms with Crippen LogP contribution in [0.3, 0.4) is 0 Å². The molecule has 1 aliphatic heterocycles. The van der Waals surface area contributed by atoms with Gasteiger partial charge in [-0.05, 0) is 57.1 Å². The van der Waals surface area contributed by atoms with Crippen molar-refractivity contribution in [1.29, 1.82) is 0 Å². The number of nitrogens with zero attached hydrogens (tertiary/aromatic N) is 1. The fraction of sp³-hybridized carbons (Fsp3) is 0.600. The number of phenols is 1. The van der Waals surface area contributed by atoms with Gasteiger partial charge in [0.15, 0.2) is 0 Å². The fourth-order valence-corrected chi connectivity index (χ4v) is 2.63. The highest BCUT2D eigenvalue weighted by atomic mass is 19.1. The average molecular weight is 266 g/mol. The zero-order chi connectivity index (χ0) is 13.7. The second-order valence-corrected chi connectivity index (χ2v) is 5.27. The van der Waals surface area contributed by atoms with Gasteiger partial charge in [-0.3, -0.25) is 0 Å². The Kier molecular flexibility index (Phi) is 5.16. The summed E-state index contributed by atoms with van der Waals surface area (Å²) < 4.78 is 13.1. The van der Waals surface area contributed by atoms with Crippen LogP contribution in [-0.2, 0) is 6.54 Å². The number of hydrogen-bond acceptors (Lipinski definition) is 3. The van der Waals surface area contributed by atoms with Crippen LogP contribution < -0.4 is 5.32 Å². The minimum Gasteiger partial charge on any atom is -0.508 e. The molecular formula is C15H23FN2O. The first-order chi connectivity index (χ1) is 9.19. The Balaban J connectivity index is 1.79. The summed E-state index contributed by atoms with van der Waals surface area (Å²) in [5.74, 6) is -0.135. The first-order valence-corrected chi connectivity index (χ1v) is 7.12. The van der Waals surface area contributed by atoms with E-state index in [1.165, 1.54) is 31.2 Å². The molecule has 1 fully saturated rings. The molecule has 0 unspecified atom stereocenters. The van der Waals surface area contributed by atoms with E-state index in [9.17, 15) is 9.50 Å². The van der Waals surface area contributed by atoms with Gasteiger partial charge in [-0.1, -0.05) is 6.92 Å². The van der Waals surface area contributed by atoms with E-state index in [1.54, 1.807) is 0 Å². The van der Waals surface area contributed by atoms with E-state index >= 15 is 0 Å². The van der Waals surface area contributed by atoms with Crippen LogP contribution in [0.1, 0.15) is 31.7 Å². The van der Waals surface area contributed by atoms with Crippen molar-refractivity contribution in [3.05, 3.63) is 29.6 Å². The summed E-state index contributed by atoms with van der Waals surface area (Å²) >= 11 is 0. The molecule has 1 aromatic rings. The van der Waals surface area contributed by atoms with Crippen molar-refractivity contribution < 1.29 is 9.50 Å². The van der Waals surface area contributed by atoms with Gasteiger partial charge in [0, 0.05) is 18.2 Å². The molecule has 2 N–H and O–H groups in total. The molecule has 0 radical (unpaired) electrons. The number of benzene rings is 1. The quantitative estimate of drug-likeness (QED) is 0.859. The largest absolute Gasteiger partial charge is 0.508 e. The van der Waals surface area contributed by atoms with Crippen LogP contribution in [0.5, 0.6) is 5.75 Å². The lowest BCUT2D eigenvalue weighted by atomic mass is 10.0. The first kappa shape index (κ1) is 14.3. The molecular weight excluding hydrogens is 243 g/mol. The van der Waals surface area contributed by atoms with Gasteiger partial charge in [-0.2, -0.15) is 0 Å². The molecule has 0 saturated carbocycles. The van der Waals surface area contributed by atoms with Crippen LogP contribution in [0.15, 0.2) is 18.2 Å². The minimum atomic E-state index is -0.299. The van der Waals surface area contributed by atoms with E-state index in [0.717, 1.165) is 25.9 Å². The summed E-state index contributed by atoms with van der Waals surface area (Å²) in [4.78, 5) is 2.48. The van der Waals surface area contributed by atoms with Crippen LogP contribution >= 0.6 is 0 Å². The highest BCUT2D eigenvalue weighted by Gasteiger charge is 2.18. The third kappa shape index (κ3) is 4.18. The minimum absolute atomic E-state index is 0.164. The third-order valence-electron chi connectivity index (χ3n) is 3.75. The second kappa shape index (κ2) is 6.87. The number of hydrogen-bond donors (Lipinski definition) is 2. The molecule has 0 spiro atoms. The van der Waals surface area contributed by atoms with Gasteiger partial charge in [0.05, 0.1) is 0 Å². The summed E-state index contributed by atoms with van der Waals surface area (Å²) in [5, 5.41) is 13.1. The summed E-state index contributed by atoms with van der Waals surface area (Å²) in [6, 6.07) is 4.56. The van der Waals surface area contributed by atoms with Crippen molar-refractivity contribution in [2.75, 3.05) is 19.6 Å². The summed E-state index contributed by atoms with van der Waals surface area (Å²) in [5.41, 5.74) is 0.635. The number of phenolic OH excluding ortho intramolecular Hbond substituents is 1. The number of halogens is 1. The van der Waals surface area contributed by atoms with E-state index in [-0.39, 0.29) is 11.6 Å². The molecule has 0 bridgehead atoms. The lowest BCUT2D eigenvalue weighted by Crippen LogP contribution is -2.42. The molecule has 4 heteroatoms. The van der Waals surface area contributed by atoms with Gasteiger partial charge in [0.1, 0.15) is 11.6 Å². The van der Waals surface area contributed by atoms with Crippen molar-refractivity contribution in [3.8, 4) is 5.75 Å². The third-order valence-corrected chi connectivity index (χ3v) is 3.75. The predicted octanol–water partition coefficient (Wildman–Crippen LogP) is 2.50. The highest BCUT2D eigenvalue weighted by molar-refractivity contribution is 5.32. The topological polar surface area (TPSA) is 35.5 Å². The maximum atomic E-state index is 13.1. The summed E-state index contributed by atoms with van der Waals surface area (Å²) in [6.07, 6.45) is 3.45. The molecule has 3 nitrogen and oxygen atoms in total. The van der Waals surface area contributed by atoms with Crippen molar-refractivity contribution in [2.24, 2.45) is 0 Å². The molecule has 0 atom stereocenters. The van der Waals surface area contributed by atoms with Gasteiger partial charge >= 0.3 is 0 Å². The average Bonchev–Trinajstić information content (AvgIpc) is 2.42. The Morgan fingerprint density at radius 2 is 2.11 bits per heavy atom.